The van der Waals surface area contributed by atoms with Crippen molar-refractivity contribution in [3.63, 3.8) is 0 Å². The van der Waals surface area contributed by atoms with Crippen molar-refractivity contribution in [3.8, 4) is 5.69 Å². The molecular weight excluding hydrogens is 456 g/mol. The molecule has 1 aromatic heterocycles. The molecule has 166 valence electrons. The zero-order chi connectivity index (χ0) is 23.4. The fourth-order valence-electron chi connectivity index (χ4n) is 2.64. The fraction of sp³-hybridized carbons (Fsp3) is 0.286. The molecule has 0 atom stereocenters. The summed E-state index contributed by atoms with van der Waals surface area (Å²) in [5.74, 6) is 0. The Labute approximate surface area is 156 Å². The normalized spacial score (nSPS) is 13.6. The van der Waals surface area contributed by atoms with Crippen LogP contribution < -0.4 is 0 Å². The first kappa shape index (κ1) is 23.3. The smallest absolute Gasteiger partial charge is 0.300 e. The molecule has 0 radical (unpaired) electrons. The molecule has 2 rings (SSSR count). The maximum Gasteiger partial charge on any atom is 0.432 e. The fourth-order valence-corrected chi connectivity index (χ4v) is 2.64. The minimum atomic E-state index is -6.48. The summed E-state index contributed by atoms with van der Waals surface area (Å²) in [6, 6.07) is 0.943. The third-order valence-corrected chi connectivity index (χ3v) is 3.59. The van der Waals surface area contributed by atoms with Crippen LogP contribution in [0.2, 0.25) is 0 Å². The minimum Gasteiger partial charge on any atom is -0.300 e. The number of halogens is 12. The summed E-state index contributed by atoms with van der Waals surface area (Å²) in [6.07, 6.45) is -25.6. The van der Waals surface area contributed by atoms with Gasteiger partial charge < -0.3 is 4.57 Å². The number of nitro groups is 1. The van der Waals surface area contributed by atoms with Gasteiger partial charge in [0.15, 0.2) is 0 Å². The minimum absolute atomic E-state index is 0.156. The molecule has 0 spiro atoms. The lowest BCUT2D eigenvalue weighted by Crippen LogP contribution is -2.21. The molecule has 0 fully saturated rings. The van der Waals surface area contributed by atoms with Gasteiger partial charge in [-0.3, -0.25) is 10.1 Å². The number of non-ortho nitro benzene ring substituents is 1. The van der Waals surface area contributed by atoms with Crippen LogP contribution in [0, 0.1) is 10.1 Å². The molecule has 0 bridgehead atoms. The average Bonchev–Trinajstić information content (AvgIpc) is 2.91. The van der Waals surface area contributed by atoms with E-state index in [9.17, 15) is 62.8 Å². The first-order valence-electron chi connectivity index (χ1n) is 7.10. The Morgan fingerprint density at radius 1 is 0.633 bits per heavy atom. The van der Waals surface area contributed by atoms with Gasteiger partial charge in [-0.05, 0) is 12.1 Å². The molecule has 4 nitrogen and oxygen atoms in total. The molecule has 0 aliphatic rings. The second-order valence-electron chi connectivity index (χ2n) is 5.55. The number of aromatic nitrogens is 1. The molecule has 0 saturated heterocycles. The Balaban J connectivity index is 3.17. The summed E-state index contributed by atoms with van der Waals surface area (Å²) < 4.78 is 158. The van der Waals surface area contributed by atoms with Crippen LogP contribution in [-0.4, -0.2) is 9.49 Å². The van der Waals surface area contributed by atoms with Crippen molar-refractivity contribution >= 4 is 5.69 Å². The first-order chi connectivity index (χ1) is 13.3. The summed E-state index contributed by atoms with van der Waals surface area (Å²) >= 11 is 0. The lowest BCUT2D eigenvalue weighted by molar-refractivity contribution is -0.384. The predicted molar refractivity (Wildman–Crippen MR) is 72.4 cm³/mol. The Morgan fingerprint density at radius 3 is 1.20 bits per heavy atom. The van der Waals surface area contributed by atoms with E-state index in [0.717, 1.165) is 0 Å². The van der Waals surface area contributed by atoms with Gasteiger partial charge in [-0.25, -0.2) is 0 Å². The van der Waals surface area contributed by atoms with Gasteiger partial charge in [-0.15, -0.1) is 0 Å². The summed E-state index contributed by atoms with van der Waals surface area (Å²) in [7, 11) is 0. The van der Waals surface area contributed by atoms with Crippen LogP contribution in [0.4, 0.5) is 58.4 Å². The number of nitro benzene ring substituents is 1. The van der Waals surface area contributed by atoms with Crippen molar-refractivity contribution in [2.24, 2.45) is 0 Å². The van der Waals surface area contributed by atoms with E-state index < -0.39 is 68.1 Å². The van der Waals surface area contributed by atoms with E-state index >= 15 is 0 Å². The maximum absolute atomic E-state index is 13.3. The number of alkyl halides is 12. The highest BCUT2D eigenvalue weighted by Crippen LogP contribution is 2.53. The SMILES string of the molecule is O=[N+]([O-])c1ccc(-n2c(C(F)(F)F)c(C(F)(F)F)c(C(F)(F)F)c2C(F)(F)F)cc1. The van der Waals surface area contributed by atoms with Crippen LogP contribution in [0.3, 0.4) is 0 Å². The van der Waals surface area contributed by atoms with Gasteiger partial charge in [-0.2, -0.15) is 52.7 Å². The van der Waals surface area contributed by atoms with E-state index in [-0.39, 0.29) is 12.1 Å². The number of hydrogen-bond acceptors (Lipinski definition) is 2. The maximum atomic E-state index is 13.3. The Bertz CT molecular complexity index is 912. The van der Waals surface area contributed by atoms with Gasteiger partial charge in [0, 0.05) is 17.8 Å². The molecule has 1 heterocycles. The molecule has 2 aromatic rings. The van der Waals surface area contributed by atoms with E-state index in [1.54, 1.807) is 0 Å². The van der Waals surface area contributed by atoms with E-state index in [4.69, 9.17) is 0 Å². The Morgan fingerprint density at radius 2 is 0.967 bits per heavy atom. The monoisotopic (exact) mass is 460 g/mol. The van der Waals surface area contributed by atoms with Crippen LogP contribution in [0.15, 0.2) is 24.3 Å². The second-order valence-corrected chi connectivity index (χ2v) is 5.55. The number of benzene rings is 1. The van der Waals surface area contributed by atoms with Crippen molar-refractivity contribution in [1.29, 1.82) is 0 Å². The van der Waals surface area contributed by atoms with Crippen LogP contribution in [0.25, 0.3) is 5.69 Å². The molecule has 0 N–H and O–H groups in total. The van der Waals surface area contributed by atoms with Crippen LogP contribution in [-0.2, 0) is 24.7 Å². The molecule has 0 amide bonds. The molecule has 0 saturated carbocycles. The van der Waals surface area contributed by atoms with Gasteiger partial charge in [0.2, 0.25) is 0 Å². The standard InChI is InChI=1S/C14H4F12N2O2/c15-11(16,17)7-8(12(18,19)20)10(14(24,25)26)27(9(7)13(21,22)23)5-1-3-6(4-2-5)28(29)30/h1-4H. The molecule has 0 unspecified atom stereocenters. The number of nitrogens with zero attached hydrogens (tertiary/aromatic N) is 2. The van der Waals surface area contributed by atoms with Gasteiger partial charge in [-0.1, -0.05) is 0 Å². The summed E-state index contributed by atoms with van der Waals surface area (Å²) in [5, 5.41) is 10.6. The van der Waals surface area contributed by atoms with Gasteiger partial charge in [0.1, 0.15) is 11.4 Å². The van der Waals surface area contributed by atoms with Crippen molar-refractivity contribution in [1.82, 2.24) is 4.57 Å². The van der Waals surface area contributed by atoms with Gasteiger partial charge in [0.05, 0.1) is 16.1 Å². The lowest BCUT2D eigenvalue weighted by Gasteiger charge is -2.18. The van der Waals surface area contributed by atoms with E-state index in [0.29, 0.717) is 12.1 Å². The third kappa shape index (κ3) is 4.16. The third-order valence-electron chi connectivity index (χ3n) is 3.59. The molecule has 30 heavy (non-hydrogen) atoms. The van der Waals surface area contributed by atoms with Gasteiger partial charge in [0.25, 0.3) is 5.69 Å². The molecule has 0 aliphatic heterocycles. The highest BCUT2D eigenvalue weighted by Gasteiger charge is 2.59. The van der Waals surface area contributed by atoms with Crippen molar-refractivity contribution in [3.05, 3.63) is 56.9 Å². The average molecular weight is 460 g/mol. The van der Waals surface area contributed by atoms with E-state index in [1.165, 1.54) is 0 Å². The molecule has 0 aliphatic carbocycles. The largest absolute Gasteiger partial charge is 0.432 e. The Kier molecular flexibility index (Phi) is 5.29. The van der Waals surface area contributed by atoms with Crippen molar-refractivity contribution < 1.29 is 57.6 Å². The summed E-state index contributed by atoms with van der Waals surface area (Å²) in [5.41, 5.74) is -16.0. The van der Waals surface area contributed by atoms with Gasteiger partial charge >= 0.3 is 24.7 Å². The zero-order valence-electron chi connectivity index (χ0n) is 13.6. The quantitative estimate of drug-likeness (QED) is 0.294. The number of hydrogen-bond donors (Lipinski definition) is 0. The second kappa shape index (κ2) is 6.80. The van der Waals surface area contributed by atoms with E-state index in [2.05, 4.69) is 0 Å². The van der Waals surface area contributed by atoms with E-state index in [1.807, 2.05) is 0 Å². The first-order valence-corrected chi connectivity index (χ1v) is 7.10. The van der Waals surface area contributed by atoms with Crippen LogP contribution in [0.5, 0.6) is 0 Å². The van der Waals surface area contributed by atoms with Crippen molar-refractivity contribution in [2.75, 3.05) is 0 Å². The molecule has 1 aromatic carbocycles. The highest BCUT2D eigenvalue weighted by atomic mass is 19.4. The summed E-state index contributed by atoms with van der Waals surface area (Å²) in [4.78, 5) is 9.42. The van der Waals surface area contributed by atoms with Crippen LogP contribution >= 0.6 is 0 Å². The predicted octanol–water partition coefficient (Wildman–Crippen LogP) is 6.46. The Hall–Kier alpha value is -2.94. The summed E-state index contributed by atoms with van der Waals surface area (Å²) in [6.45, 7) is 0. The highest BCUT2D eigenvalue weighted by molar-refractivity contribution is 5.53. The number of rotatable bonds is 2. The lowest BCUT2D eigenvalue weighted by atomic mass is 10.1. The zero-order valence-corrected chi connectivity index (χ0v) is 13.6. The topological polar surface area (TPSA) is 48.1 Å². The molecular formula is C14H4F12N2O2. The van der Waals surface area contributed by atoms with Crippen LogP contribution in [0.1, 0.15) is 22.5 Å². The molecule has 16 heteroatoms. The van der Waals surface area contributed by atoms with Crippen molar-refractivity contribution in [2.45, 2.75) is 24.7 Å².